The Bertz CT molecular complexity index is 747. The number of carbonyl (C=O) groups is 2. The molecule has 0 aliphatic rings. The first kappa shape index (κ1) is 18.7. The molecule has 0 aromatic heterocycles. The first-order valence-electron chi connectivity index (χ1n) is 7.03. The SMILES string of the molecule is CNC(=O)NC(=O)Nc1ccc(Sc2ccc(C(F)(F)F)cc2)cc1. The van der Waals surface area contributed by atoms with Crippen molar-refractivity contribution >= 4 is 29.5 Å². The summed E-state index contributed by atoms with van der Waals surface area (Å²) in [5.41, 5.74) is -0.225. The predicted molar refractivity (Wildman–Crippen MR) is 88.6 cm³/mol. The van der Waals surface area contributed by atoms with E-state index in [1.165, 1.54) is 30.9 Å². The highest BCUT2D eigenvalue weighted by Crippen LogP contribution is 2.33. The van der Waals surface area contributed by atoms with E-state index in [9.17, 15) is 22.8 Å². The number of halogens is 3. The Morgan fingerprint density at radius 3 is 1.88 bits per heavy atom. The van der Waals surface area contributed by atoms with Crippen LogP contribution in [-0.2, 0) is 6.18 Å². The monoisotopic (exact) mass is 369 g/mol. The number of anilines is 1. The van der Waals surface area contributed by atoms with Gasteiger partial charge in [0, 0.05) is 22.5 Å². The van der Waals surface area contributed by atoms with Gasteiger partial charge in [0.15, 0.2) is 0 Å². The van der Waals surface area contributed by atoms with Crippen molar-refractivity contribution in [1.29, 1.82) is 0 Å². The molecule has 0 saturated carbocycles. The van der Waals surface area contributed by atoms with Crippen molar-refractivity contribution in [2.75, 3.05) is 12.4 Å². The average Bonchev–Trinajstić information content (AvgIpc) is 2.56. The van der Waals surface area contributed by atoms with Gasteiger partial charge in [-0.1, -0.05) is 11.8 Å². The van der Waals surface area contributed by atoms with E-state index in [2.05, 4.69) is 16.0 Å². The molecule has 0 bridgehead atoms. The van der Waals surface area contributed by atoms with E-state index in [0.717, 1.165) is 17.0 Å². The summed E-state index contributed by atoms with van der Waals surface area (Å²) in [6.45, 7) is 0. The van der Waals surface area contributed by atoms with E-state index in [4.69, 9.17) is 0 Å². The summed E-state index contributed by atoms with van der Waals surface area (Å²) in [6, 6.07) is 10.2. The van der Waals surface area contributed by atoms with Crippen molar-refractivity contribution < 1.29 is 22.8 Å². The van der Waals surface area contributed by atoms with Crippen LogP contribution in [0.3, 0.4) is 0 Å². The van der Waals surface area contributed by atoms with E-state index in [1.54, 1.807) is 24.3 Å². The topological polar surface area (TPSA) is 70.2 Å². The third-order valence-corrected chi connectivity index (χ3v) is 4.00. The first-order valence-corrected chi connectivity index (χ1v) is 7.84. The number of amides is 4. The molecule has 0 atom stereocenters. The molecule has 0 fully saturated rings. The van der Waals surface area contributed by atoms with Gasteiger partial charge in [-0.15, -0.1) is 0 Å². The second-order valence-corrected chi connectivity index (χ2v) is 5.95. The molecule has 2 aromatic rings. The van der Waals surface area contributed by atoms with Crippen LogP contribution in [0.25, 0.3) is 0 Å². The molecule has 25 heavy (non-hydrogen) atoms. The van der Waals surface area contributed by atoms with Crippen LogP contribution in [0, 0.1) is 0 Å². The van der Waals surface area contributed by atoms with Crippen LogP contribution in [0.4, 0.5) is 28.4 Å². The highest BCUT2D eigenvalue weighted by atomic mass is 32.2. The van der Waals surface area contributed by atoms with E-state index in [-0.39, 0.29) is 0 Å². The molecular weight excluding hydrogens is 355 g/mol. The maximum atomic E-state index is 12.5. The van der Waals surface area contributed by atoms with Crippen molar-refractivity contribution in [3.05, 3.63) is 54.1 Å². The van der Waals surface area contributed by atoms with Gasteiger partial charge in [-0.2, -0.15) is 13.2 Å². The maximum Gasteiger partial charge on any atom is 0.416 e. The first-order chi connectivity index (χ1) is 11.8. The van der Waals surface area contributed by atoms with E-state index >= 15 is 0 Å². The number of carbonyl (C=O) groups excluding carboxylic acids is 2. The molecular formula is C16H14F3N3O2S. The Balaban J connectivity index is 1.96. The zero-order valence-corrected chi connectivity index (χ0v) is 13.8. The van der Waals surface area contributed by atoms with Crippen LogP contribution in [0.2, 0.25) is 0 Å². The van der Waals surface area contributed by atoms with Crippen LogP contribution in [0.15, 0.2) is 58.3 Å². The lowest BCUT2D eigenvalue weighted by atomic mass is 10.2. The second kappa shape index (κ2) is 7.93. The summed E-state index contributed by atoms with van der Waals surface area (Å²) >= 11 is 1.29. The quantitative estimate of drug-likeness (QED) is 0.755. The number of alkyl halides is 3. The van der Waals surface area contributed by atoms with E-state index in [1.807, 2.05) is 0 Å². The Labute approximate surface area is 146 Å². The zero-order chi connectivity index (χ0) is 18.4. The molecule has 0 radical (unpaired) electrons. The normalized spacial score (nSPS) is 10.9. The highest BCUT2D eigenvalue weighted by Gasteiger charge is 2.29. The lowest BCUT2D eigenvalue weighted by Gasteiger charge is -2.08. The smallest absolute Gasteiger partial charge is 0.341 e. The van der Waals surface area contributed by atoms with Crippen molar-refractivity contribution in [3.63, 3.8) is 0 Å². The number of nitrogens with one attached hydrogen (secondary N) is 3. The van der Waals surface area contributed by atoms with Crippen LogP contribution >= 0.6 is 11.8 Å². The molecule has 0 aliphatic carbocycles. The summed E-state index contributed by atoms with van der Waals surface area (Å²) in [7, 11) is 1.38. The minimum Gasteiger partial charge on any atom is -0.341 e. The summed E-state index contributed by atoms with van der Waals surface area (Å²) < 4.78 is 37.6. The minimum absolute atomic E-state index is 0.471. The molecule has 3 N–H and O–H groups in total. The third-order valence-electron chi connectivity index (χ3n) is 2.98. The molecule has 5 nitrogen and oxygen atoms in total. The number of rotatable bonds is 3. The molecule has 0 saturated heterocycles. The summed E-state index contributed by atoms with van der Waals surface area (Å²) in [6.07, 6.45) is -4.36. The summed E-state index contributed by atoms with van der Waals surface area (Å²) in [4.78, 5) is 23.9. The van der Waals surface area contributed by atoms with Crippen molar-refractivity contribution in [3.8, 4) is 0 Å². The Kier molecular flexibility index (Phi) is 5.92. The van der Waals surface area contributed by atoms with E-state index in [0.29, 0.717) is 10.6 Å². The Morgan fingerprint density at radius 1 is 0.880 bits per heavy atom. The molecule has 0 aliphatic heterocycles. The fourth-order valence-corrected chi connectivity index (χ4v) is 2.60. The predicted octanol–water partition coefficient (Wildman–Crippen LogP) is 4.32. The van der Waals surface area contributed by atoms with Gasteiger partial charge in [0.1, 0.15) is 0 Å². The van der Waals surface area contributed by atoms with Gasteiger partial charge < -0.3 is 10.6 Å². The Hall–Kier alpha value is -2.68. The van der Waals surface area contributed by atoms with Gasteiger partial charge in [-0.05, 0) is 48.5 Å². The minimum atomic E-state index is -4.36. The summed E-state index contributed by atoms with van der Waals surface area (Å²) in [5, 5.41) is 6.78. The van der Waals surface area contributed by atoms with Crippen LogP contribution in [-0.4, -0.2) is 19.1 Å². The fraction of sp³-hybridized carbons (Fsp3) is 0.125. The summed E-state index contributed by atoms with van der Waals surface area (Å²) in [5.74, 6) is 0. The number of imide groups is 1. The largest absolute Gasteiger partial charge is 0.416 e. The van der Waals surface area contributed by atoms with Crippen molar-refractivity contribution in [2.45, 2.75) is 16.0 Å². The maximum absolute atomic E-state index is 12.5. The van der Waals surface area contributed by atoms with E-state index < -0.39 is 23.8 Å². The van der Waals surface area contributed by atoms with Crippen molar-refractivity contribution in [2.24, 2.45) is 0 Å². The zero-order valence-electron chi connectivity index (χ0n) is 13.0. The molecule has 0 unspecified atom stereocenters. The number of benzene rings is 2. The van der Waals surface area contributed by atoms with Gasteiger partial charge in [-0.3, -0.25) is 5.32 Å². The molecule has 4 amide bonds. The number of hydrogen-bond donors (Lipinski definition) is 3. The number of urea groups is 2. The van der Waals surface area contributed by atoms with Crippen LogP contribution in [0.5, 0.6) is 0 Å². The van der Waals surface area contributed by atoms with Gasteiger partial charge >= 0.3 is 18.2 Å². The molecule has 9 heteroatoms. The lowest BCUT2D eigenvalue weighted by molar-refractivity contribution is -0.137. The lowest BCUT2D eigenvalue weighted by Crippen LogP contribution is -2.39. The standard InChI is InChI=1S/C16H14F3N3O2S/c1-20-14(23)22-15(24)21-11-4-8-13(9-5-11)25-12-6-2-10(3-7-12)16(17,18)19/h2-9H,1H3,(H3,20,21,22,23,24). The third kappa shape index (κ3) is 5.71. The average molecular weight is 369 g/mol. The molecule has 0 spiro atoms. The van der Waals surface area contributed by atoms with Crippen LogP contribution < -0.4 is 16.0 Å². The van der Waals surface area contributed by atoms with Gasteiger partial charge in [0.2, 0.25) is 0 Å². The van der Waals surface area contributed by atoms with Crippen LogP contribution in [0.1, 0.15) is 5.56 Å². The second-order valence-electron chi connectivity index (χ2n) is 4.81. The van der Waals surface area contributed by atoms with Gasteiger partial charge in [0.25, 0.3) is 0 Å². The van der Waals surface area contributed by atoms with Gasteiger partial charge in [0.05, 0.1) is 5.56 Å². The Morgan fingerprint density at radius 2 is 1.40 bits per heavy atom. The number of hydrogen-bond acceptors (Lipinski definition) is 3. The molecule has 132 valence electrons. The van der Waals surface area contributed by atoms with Gasteiger partial charge in [-0.25, -0.2) is 9.59 Å². The molecule has 2 aromatic carbocycles. The van der Waals surface area contributed by atoms with Crippen molar-refractivity contribution in [1.82, 2.24) is 10.6 Å². The molecule has 0 heterocycles. The highest BCUT2D eigenvalue weighted by molar-refractivity contribution is 7.99. The molecule has 2 rings (SSSR count). The fourth-order valence-electron chi connectivity index (χ4n) is 1.78.